The van der Waals surface area contributed by atoms with E-state index in [0.717, 1.165) is 57.1 Å². The Morgan fingerprint density at radius 3 is 2.35 bits per heavy atom. The Kier molecular flexibility index (Phi) is 24.4. The monoisotopic (exact) mass is 323 g/mol. The summed E-state index contributed by atoms with van der Waals surface area (Å²) in [5.41, 5.74) is 0. The van der Waals surface area contributed by atoms with Gasteiger partial charge in [0.1, 0.15) is 6.29 Å². The highest BCUT2D eigenvalue weighted by Gasteiger charge is 2.00. The summed E-state index contributed by atoms with van der Waals surface area (Å²) < 4.78 is 0. The molecule has 0 bridgehead atoms. The van der Waals surface area contributed by atoms with Crippen LogP contribution in [-0.2, 0) is 4.79 Å². The van der Waals surface area contributed by atoms with E-state index in [-0.39, 0.29) is 0 Å². The molecule has 0 amide bonds. The van der Waals surface area contributed by atoms with E-state index in [4.69, 9.17) is 5.11 Å². The predicted molar refractivity (Wildman–Crippen MR) is 95.3 cm³/mol. The van der Waals surface area contributed by atoms with Gasteiger partial charge in [0, 0.05) is 18.3 Å². The van der Waals surface area contributed by atoms with Gasteiger partial charge >= 0.3 is 0 Å². The van der Waals surface area contributed by atoms with E-state index in [1.165, 1.54) is 12.8 Å². The fourth-order valence-corrected chi connectivity index (χ4v) is 2.50. The number of unbranched alkanes of at least 4 members (excludes halogenated alkanes) is 5. The molecule has 0 aromatic rings. The lowest BCUT2D eigenvalue weighted by Gasteiger charge is -2.06. The fourth-order valence-electron chi connectivity index (χ4n) is 1.67. The molecular weight excluding hydrogens is 290 g/mol. The highest BCUT2D eigenvalue weighted by molar-refractivity contribution is 7.81. The van der Waals surface area contributed by atoms with Crippen molar-refractivity contribution in [3.05, 3.63) is 0 Å². The molecule has 2 N–H and O–H groups in total. The Morgan fingerprint density at radius 2 is 1.80 bits per heavy atom. The Labute approximate surface area is 136 Å². The predicted octanol–water partition coefficient (Wildman–Crippen LogP) is 3.12. The van der Waals surface area contributed by atoms with Crippen molar-refractivity contribution in [2.75, 3.05) is 26.0 Å². The number of carbonyl (C=O) groups is 1. The first kappa shape index (κ1) is 22.6. The Hall–Kier alpha value is 0.290. The number of aldehydes is 1. The van der Waals surface area contributed by atoms with Gasteiger partial charge in [-0.2, -0.15) is 25.3 Å². The Bertz CT molecular complexity index is 177. The van der Waals surface area contributed by atoms with Crippen molar-refractivity contribution in [3.8, 4) is 0 Å². The SMILES string of the molecule is CNCCCCCCO.O=CCCCCC(S)CCS. The lowest BCUT2D eigenvalue weighted by Crippen LogP contribution is -2.06. The molecule has 0 aromatic heterocycles. The minimum Gasteiger partial charge on any atom is -0.396 e. The smallest absolute Gasteiger partial charge is 0.119 e. The molecule has 1 unspecified atom stereocenters. The van der Waals surface area contributed by atoms with Gasteiger partial charge in [-0.25, -0.2) is 0 Å². The third-order valence-corrected chi connectivity index (χ3v) is 3.68. The molecule has 3 nitrogen and oxygen atoms in total. The van der Waals surface area contributed by atoms with Gasteiger partial charge in [-0.3, -0.25) is 0 Å². The van der Waals surface area contributed by atoms with Gasteiger partial charge < -0.3 is 15.2 Å². The molecule has 5 heteroatoms. The van der Waals surface area contributed by atoms with E-state index in [9.17, 15) is 4.79 Å². The summed E-state index contributed by atoms with van der Waals surface area (Å²) in [5.74, 6) is 0.905. The number of nitrogens with one attached hydrogen (secondary N) is 1. The van der Waals surface area contributed by atoms with Crippen LogP contribution in [0.5, 0.6) is 0 Å². The van der Waals surface area contributed by atoms with E-state index in [1.54, 1.807) is 0 Å². The highest BCUT2D eigenvalue weighted by atomic mass is 32.1. The summed E-state index contributed by atoms with van der Waals surface area (Å²) in [6.45, 7) is 1.45. The lowest BCUT2D eigenvalue weighted by atomic mass is 10.1. The molecule has 0 rings (SSSR count). The number of carbonyl (C=O) groups excluding carboxylic acids is 1. The van der Waals surface area contributed by atoms with Gasteiger partial charge in [0.25, 0.3) is 0 Å². The third kappa shape index (κ3) is 23.4. The first-order chi connectivity index (χ1) is 9.72. The second-order valence-corrected chi connectivity index (χ2v) is 6.04. The lowest BCUT2D eigenvalue weighted by molar-refractivity contribution is -0.107. The van der Waals surface area contributed by atoms with Crippen LogP contribution >= 0.6 is 25.3 Å². The minimum absolute atomic E-state index is 0.347. The summed E-state index contributed by atoms with van der Waals surface area (Å²) in [6, 6.07) is 0. The van der Waals surface area contributed by atoms with Gasteiger partial charge in [0.15, 0.2) is 0 Å². The number of aliphatic hydroxyl groups is 1. The summed E-state index contributed by atoms with van der Waals surface area (Å²) in [4.78, 5) is 9.94. The van der Waals surface area contributed by atoms with Crippen molar-refractivity contribution < 1.29 is 9.90 Å². The molecule has 0 aliphatic carbocycles. The van der Waals surface area contributed by atoms with Crippen molar-refractivity contribution in [2.45, 2.75) is 63.0 Å². The van der Waals surface area contributed by atoms with Crippen LogP contribution in [0.4, 0.5) is 0 Å². The maximum Gasteiger partial charge on any atom is 0.119 e. The van der Waals surface area contributed by atoms with E-state index >= 15 is 0 Å². The van der Waals surface area contributed by atoms with E-state index < -0.39 is 0 Å². The number of thiol groups is 2. The van der Waals surface area contributed by atoms with Crippen LogP contribution in [0.3, 0.4) is 0 Å². The zero-order valence-corrected chi connectivity index (χ0v) is 14.7. The maximum atomic E-state index is 9.94. The number of rotatable bonds is 13. The first-order valence-electron chi connectivity index (χ1n) is 7.70. The van der Waals surface area contributed by atoms with Crippen LogP contribution in [0.1, 0.15) is 57.8 Å². The van der Waals surface area contributed by atoms with Crippen LogP contribution in [0.2, 0.25) is 0 Å². The normalized spacial score (nSPS) is 11.6. The largest absolute Gasteiger partial charge is 0.396 e. The molecule has 0 aliphatic rings. The second-order valence-electron chi connectivity index (χ2n) is 4.86. The van der Waals surface area contributed by atoms with Crippen molar-refractivity contribution in [1.29, 1.82) is 0 Å². The highest BCUT2D eigenvalue weighted by Crippen LogP contribution is 2.11. The van der Waals surface area contributed by atoms with Crippen LogP contribution < -0.4 is 5.32 Å². The molecule has 0 aromatic carbocycles. The van der Waals surface area contributed by atoms with Gasteiger partial charge in [-0.15, -0.1) is 0 Å². The van der Waals surface area contributed by atoms with Crippen molar-refractivity contribution >= 4 is 31.5 Å². The van der Waals surface area contributed by atoms with Crippen molar-refractivity contribution in [1.82, 2.24) is 5.32 Å². The zero-order valence-electron chi connectivity index (χ0n) is 12.9. The number of aliphatic hydroxyl groups excluding tert-OH is 1. The van der Waals surface area contributed by atoms with Crippen LogP contribution in [0, 0.1) is 0 Å². The molecular formula is C15H33NO2S2. The molecule has 0 radical (unpaired) electrons. The molecule has 0 fully saturated rings. The zero-order chi connectivity index (χ0) is 15.5. The molecule has 1 atom stereocenters. The standard InChI is InChI=1S/C8H16OS2.C7H17NO/c9-6-3-1-2-4-8(11)5-7-10;1-8-6-4-2-3-5-7-9/h6,8,10-11H,1-5,7H2;8-9H,2-7H2,1H3. The van der Waals surface area contributed by atoms with Crippen LogP contribution in [0.15, 0.2) is 0 Å². The van der Waals surface area contributed by atoms with Gasteiger partial charge in [-0.1, -0.05) is 19.3 Å². The van der Waals surface area contributed by atoms with E-state index in [0.29, 0.717) is 18.3 Å². The summed E-state index contributed by atoms with van der Waals surface area (Å²) in [6.07, 6.45) is 10.6. The molecule has 122 valence electrons. The summed E-state index contributed by atoms with van der Waals surface area (Å²) >= 11 is 8.49. The molecule has 0 spiro atoms. The van der Waals surface area contributed by atoms with Crippen LogP contribution in [-0.4, -0.2) is 42.6 Å². The van der Waals surface area contributed by atoms with E-state index in [1.807, 2.05) is 7.05 Å². The number of hydrogen-bond acceptors (Lipinski definition) is 5. The average Bonchev–Trinajstić information content (AvgIpc) is 2.45. The Balaban J connectivity index is 0. The molecule has 20 heavy (non-hydrogen) atoms. The average molecular weight is 324 g/mol. The number of hydrogen-bond donors (Lipinski definition) is 4. The maximum absolute atomic E-state index is 9.94. The summed E-state index contributed by atoms with van der Waals surface area (Å²) in [5, 5.41) is 12.0. The fraction of sp³-hybridized carbons (Fsp3) is 0.933. The molecule has 0 aliphatic heterocycles. The van der Waals surface area contributed by atoms with Crippen molar-refractivity contribution in [3.63, 3.8) is 0 Å². The van der Waals surface area contributed by atoms with Gasteiger partial charge in [0.05, 0.1) is 0 Å². The second kappa shape index (κ2) is 21.6. The van der Waals surface area contributed by atoms with Crippen LogP contribution in [0.25, 0.3) is 0 Å². The molecule has 0 heterocycles. The van der Waals surface area contributed by atoms with E-state index in [2.05, 4.69) is 30.6 Å². The topological polar surface area (TPSA) is 49.3 Å². The molecule has 0 saturated carbocycles. The van der Waals surface area contributed by atoms with Gasteiger partial charge in [-0.05, 0) is 51.4 Å². The minimum atomic E-state index is 0.347. The van der Waals surface area contributed by atoms with Crippen molar-refractivity contribution in [2.24, 2.45) is 0 Å². The Morgan fingerprint density at radius 1 is 1.10 bits per heavy atom. The summed E-state index contributed by atoms with van der Waals surface area (Å²) in [7, 11) is 1.96. The van der Waals surface area contributed by atoms with Gasteiger partial charge in [0.2, 0.25) is 0 Å². The first-order valence-corrected chi connectivity index (χ1v) is 8.85. The third-order valence-electron chi connectivity index (χ3n) is 2.91. The molecule has 0 saturated heterocycles. The quantitative estimate of drug-likeness (QED) is 0.239.